The van der Waals surface area contributed by atoms with Gasteiger partial charge in [-0.25, -0.2) is 0 Å². The molecule has 0 saturated carbocycles. The molecule has 0 aliphatic rings. The zero-order valence-corrected chi connectivity index (χ0v) is 49.0. The fourth-order valence-corrected chi connectivity index (χ4v) is 8.25. The second kappa shape index (κ2) is 64.8. The second-order valence-electron chi connectivity index (χ2n) is 20.0. The van der Waals surface area contributed by atoms with Crippen LogP contribution in [-0.4, -0.2) is 36.4 Å². The molecular formula is C71H114O5. The molecule has 0 aromatic carbocycles. The molecule has 5 heteroatoms. The Labute approximate surface area is 469 Å². The minimum atomic E-state index is -0.787. The quantitative estimate of drug-likeness (QED) is 0.0373. The van der Waals surface area contributed by atoms with Crippen molar-refractivity contribution >= 4 is 11.9 Å². The first-order valence-corrected chi connectivity index (χ1v) is 31.0. The highest BCUT2D eigenvalue weighted by atomic mass is 16.6. The number of aliphatic hydroxyl groups excluding tert-OH is 1. The molecule has 0 aliphatic heterocycles. The summed E-state index contributed by atoms with van der Waals surface area (Å²) in [5.74, 6) is -0.606. The first kappa shape index (κ1) is 71.5. The normalized spacial score (nSPS) is 13.4. The number of aliphatic hydroxyl groups is 1. The van der Waals surface area contributed by atoms with Crippen LogP contribution in [0.3, 0.4) is 0 Å². The third-order valence-electron chi connectivity index (χ3n) is 12.8. The van der Waals surface area contributed by atoms with Gasteiger partial charge < -0.3 is 14.6 Å². The first-order valence-electron chi connectivity index (χ1n) is 31.0. The fourth-order valence-electron chi connectivity index (χ4n) is 8.25. The zero-order valence-electron chi connectivity index (χ0n) is 49.0. The summed E-state index contributed by atoms with van der Waals surface area (Å²) in [5.41, 5.74) is 0. The van der Waals surface area contributed by atoms with Crippen LogP contribution in [0.15, 0.2) is 158 Å². The van der Waals surface area contributed by atoms with Crippen LogP contribution in [0.1, 0.15) is 258 Å². The van der Waals surface area contributed by atoms with E-state index in [1.54, 1.807) is 0 Å². The van der Waals surface area contributed by atoms with Crippen molar-refractivity contribution in [1.82, 2.24) is 0 Å². The van der Waals surface area contributed by atoms with Gasteiger partial charge in [0.1, 0.15) is 6.61 Å². The Hall–Kier alpha value is -4.48. The third-order valence-corrected chi connectivity index (χ3v) is 12.8. The number of carbonyl (C=O) groups excluding carboxylic acids is 2. The maximum absolute atomic E-state index is 12.3. The van der Waals surface area contributed by atoms with Gasteiger partial charge in [-0.15, -0.1) is 0 Å². The van der Waals surface area contributed by atoms with E-state index in [-0.39, 0.29) is 25.2 Å². The van der Waals surface area contributed by atoms with Crippen molar-refractivity contribution in [3.8, 4) is 0 Å². The van der Waals surface area contributed by atoms with E-state index in [9.17, 15) is 14.7 Å². The number of esters is 2. The van der Waals surface area contributed by atoms with E-state index in [4.69, 9.17) is 9.47 Å². The summed E-state index contributed by atoms with van der Waals surface area (Å²) in [4.78, 5) is 24.6. The lowest BCUT2D eigenvalue weighted by Gasteiger charge is -2.15. The van der Waals surface area contributed by atoms with E-state index < -0.39 is 6.10 Å². The average molecular weight is 1050 g/mol. The molecule has 76 heavy (non-hydrogen) atoms. The molecule has 428 valence electrons. The number of ether oxygens (including phenoxy) is 2. The van der Waals surface area contributed by atoms with Crippen LogP contribution in [0, 0.1) is 0 Å². The second-order valence-corrected chi connectivity index (χ2v) is 20.0. The fraction of sp³-hybridized carbons (Fsp3) is 0.606. The molecule has 0 aliphatic carbocycles. The van der Waals surface area contributed by atoms with E-state index in [1.807, 2.05) is 0 Å². The molecule has 0 radical (unpaired) electrons. The molecule has 1 atom stereocenters. The summed E-state index contributed by atoms with van der Waals surface area (Å²) in [7, 11) is 0. The molecule has 0 heterocycles. The lowest BCUT2D eigenvalue weighted by Crippen LogP contribution is -2.28. The highest BCUT2D eigenvalue weighted by molar-refractivity contribution is 5.70. The van der Waals surface area contributed by atoms with E-state index in [1.165, 1.54) is 103 Å². The van der Waals surface area contributed by atoms with Gasteiger partial charge in [-0.05, 0) is 122 Å². The highest BCUT2D eigenvalue weighted by Gasteiger charge is 2.16. The van der Waals surface area contributed by atoms with Crippen LogP contribution in [-0.2, 0) is 19.1 Å². The van der Waals surface area contributed by atoms with Crippen LogP contribution in [0.2, 0.25) is 0 Å². The van der Waals surface area contributed by atoms with E-state index in [0.717, 1.165) is 128 Å². The number of unbranched alkanes of at least 4 members (excludes halogenated alkanes) is 21. The van der Waals surface area contributed by atoms with Crippen LogP contribution < -0.4 is 0 Å². The maximum atomic E-state index is 12.3. The van der Waals surface area contributed by atoms with Crippen molar-refractivity contribution < 1.29 is 24.2 Å². The van der Waals surface area contributed by atoms with Gasteiger partial charge in [0.2, 0.25) is 0 Å². The van der Waals surface area contributed by atoms with Gasteiger partial charge in [-0.2, -0.15) is 0 Å². The largest absolute Gasteiger partial charge is 0.462 e. The summed E-state index contributed by atoms with van der Waals surface area (Å²) < 4.78 is 10.7. The first-order chi connectivity index (χ1) is 37.6. The summed E-state index contributed by atoms with van der Waals surface area (Å²) >= 11 is 0. The Balaban J connectivity index is 3.55. The number of allylic oxidation sites excluding steroid dienone is 26. The molecule has 0 saturated heterocycles. The Bertz CT molecular complexity index is 1660. The zero-order chi connectivity index (χ0) is 54.8. The topological polar surface area (TPSA) is 72.8 Å². The predicted molar refractivity (Wildman–Crippen MR) is 334 cm³/mol. The van der Waals surface area contributed by atoms with Gasteiger partial charge in [-0.3, -0.25) is 9.59 Å². The molecule has 0 amide bonds. The summed E-state index contributed by atoms with van der Waals surface area (Å²) in [6, 6.07) is 0. The molecule has 0 rings (SSSR count). The monoisotopic (exact) mass is 1050 g/mol. The van der Waals surface area contributed by atoms with Crippen molar-refractivity contribution in [1.29, 1.82) is 0 Å². The Morgan fingerprint density at radius 3 is 0.789 bits per heavy atom. The molecular weight excluding hydrogens is 933 g/mol. The van der Waals surface area contributed by atoms with E-state index in [0.29, 0.717) is 12.8 Å². The van der Waals surface area contributed by atoms with Crippen LogP contribution >= 0.6 is 0 Å². The third kappa shape index (κ3) is 62.1. The van der Waals surface area contributed by atoms with Gasteiger partial charge in [-0.1, -0.05) is 281 Å². The number of hydrogen-bond donors (Lipinski definition) is 1. The minimum Gasteiger partial charge on any atom is -0.462 e. The van der Waals surface area contributed by atoms with Crippen molar-refractivity contribution in [2.24, 2.45) is 0 Å². The minimum absolute atomic E-state index is 0.0780. The van der Waals surface area contributed by atoms with Gasteiger partial charge in [0.05, 0.1) is 6.61 Å². The Morgan fingerprint density at radius 1 is 0.303 bits per heavy atom. The van der Waals surface area contributed by atoms with Crippen LogP contribution in [0.4, 0.5) is 0 Å². The standard InChI is InChI=1S/C71H114O5/c1-3-5-7-9-11-13-15-17-19-21-23-25-26-27-28-29-30-31-32-33-34-35-36-37-38-39-40-41-42-43-44-46-48-50-52-54-56-58-60-62-64-66-71(74)76-69(67-72)68-75-70(73)65-63-61-59-57-55-53-51-49-47-45-24-22-20-18-16-14-12-10-8-6-4-2/h5-8,11-14,17-20,23-25,27-28,30-31,33-34,36-37,39-40,45,69,72H,3-4,9-10,15-16,21-22,26,29,32,35,38,41-44,46-68H2,1-2H3/b7-5-,8-6-,13-11-,14-12-,19-17-,20-18-,25-23-,28-27-,31-30-,34-33-,37-36-,40-39-,45-24-. The van der Waals surface area contributed by atoms with Gasteiger partial charge >= 0.3 is 11.9 Å². The predicted octanol–water partition coefficient (Wildman–Crippen LogP) is 21.5. The average Bonchev–Trinajstić information content (AvgIpc) is 3.42. The molecule has 5 nitrogen and oxygen atoms in total. The van der Waals surface area contributed by atoms with Gasteiger partial charge in [0.15, 0.2) is 6.10 Å². The lowest BCUT2D eigenvalue weighted by atomic mass is 10.0. The molecule has 0 aromatic rings. The molecule has 0 bridgehead atoms. The number of hydrogen-bond acceptors (Lipinski definition) is 5. The molecule has 0 aromatic heterocycles. The Morgan fingerprint density at radius 2 is 0.526 bits per heavy atom. The van der Waals surface area contributed by atoms with Crippen molar-refractivity contribution in [2.75, 3.05) is 13.2 Å². The molecule has 1 unspecified atom stereocenters. The summed E-state index contributed by atoms with van der Waals surface area (Å²) in [6.07, 6.45) is 99.4. The summed E-state index contributed by atoms with van der Waals surface area (Å²) in [6.45, 7) is 3.91. The van der Waals surface area contributed by atoms with Gasteiger partial charge in [0.25, 0.3) is 0 Å². The van der Waals surface area contributed by atoms with Crippen molar-refractivity contribution in [3.63, 3.8) is 0 Å². The van der Waals surface area contributed by atoms with Crippen molar-refractivity contribution in [3.05, 3.63) is 158 Å². The summed E-state index contributed by atoms with van der Waals surface area (Å²) in [5, 5.41) is 9.67. The smallest absolute Gasteiger partial charge is 0.306 e. The number of rotatable bonds is 55. The van der Waals surface area contributed by atoms with E-state index >= 15 is 0 Å². The van der Waals surface area contributed by atoms with E-state index in [2.05, 4.69) is 172 Å². The maximum Gasteiger partial charge on any atom is 0.306 e. The molecule has 1 N–H and O–H groups in total. The van der Waals surface area contributed by atoms with Crippen LogP contribution in [0.25, 0.3) is 0 Å². The SMILES string of the molecule is CC/C=C\C/C=C\C/C=C\C/C=C\C/C=C\C/C=C\C/C=C\C/C=C\C/C=C\CCCCCCCCCCCCCCCC(=O)OC(CO)COC(=O)CCCCCCCCCC/C=C\C/C=C\C/C=C\C/C=C\CC. The Kier molecular flexibility index (Phi) is 61.0. The van der Waals surface area contributed by atoms with Gasteiger partial charge in [0, 0.05) is 12.8 Å². The highest BCUT2D eigenvalue weighted by Crippen LogP contribution is 2.15. The van der Waals surface area contributed by atoms with Crippen molar-refractivity contribution in [2.45, 2.75) is 264 Å². The van der Waals surface area contributed by atoms with Crippen LogP contribution in [0.5, 0.6) is 0 Å². The lowest BCUT2D eigenvalue weighted by molar-refractivity contribution is -0.161. The molecule has 0 fully saturated rings. The number of carbonyl (C=O) groups is 2. The molecule has 0 spiro atoms.